The van der Waals surface area contributed by atoms with E-state index in [-0.39, 0.29) is 0 Å². The Bertz CT molecular complexity index is 323. The van der Waals surface area contributed by atoms with Gasteiger partial charge in [0.05, 0.1) is 11.9 Å². The maximum absolute atomic E-state index is 4.23. The normalized spacial score (nSPS) is 15.3. The van der Waals surface area contributed by atoms with E-state index in [1.54, 1.807) is 0 Å². The molecule has 0 bridgehead atoms. The van der Waals surface area contributed by atoms with Gasteiger partial charge in [0.25, 0.3) is 0 Å². The van der Waals surface area contributed by atoms with Crippen molar-refractivity contribution in [2.45, 2.75) is 38.6 Å². The second kappa shape index (κ2) is 4.97. The molecule has 1 aliphatic rings. The van der Waals surface area contributed by atoms with Gasteiger partial charge < -0.3 is 4.90 Å². The Balaban J connectivity index is 2.09. The highest BCUT2D eigenvalue weighted by molar-refractivity contribution is 9.10. The van der Waals surface area contributed by atoms with Crippen LogP contribution in [-0.4, -0.2) is 17.6 Å². The van der Waals surface area contributed by atoms with Gasteiger partial charge in [-0.1, -0.05) is 13.3 Å². The number of pyridine rings is 1. The number of rotatable bonds is 5. The summed E-state index contributed by atoms with van der Waals surface area (Å²) in [4.78, 5) is 6.74. The van der Waals surface area contributed by atoms with E-state index in [2.05, 4.69) is 38.8 Å². The SMILES string of the molecule is CCCCN(c1cncc(Br)c1)C1CC1. The summed E-state index contributed by atoms with van der Waals surface area (Å²) in [6.07, 6.45) is 9.02. The summed E-state index contributed by atoms with van der Waals surface area (Å²) in [5, 5.41) is 0. The summed E-state index contributed by atoms with van der Waals surface area (Å²) in [6.45, 7) is 3.41. The summed E-state index contributed by atoms with van der Waals surface area (Å²) in [5.41, 5.74) is 1.26. The average Bonchev–Trinajstić information content (AvgIpc) is 3.03. The molecule has 1 fully saturated rings. The number of unbranched alkanes of at least 4 members (excludes halogenated alkanes) is 1. The van der Waals surface area contributed by atoms with Crippen molar-refractivity contribution in [3.63, 3.8) is 0 Å². The zero-order valence-electron chi connectivity index (χ0n) is 9.12. The van der Waals surface area contributed by atoms with Crippen LogP contribution in [-0.2, 0) is 0 Å². The molecular formula is C12H17BrN2. The minimum Gasteiger partial charge on any atom is -0.367 e. The van der Waals surface area contributed by atoms with Gasteiger partial charge in [-0.2, -0.15) is 0 Å². The molecule has 1 heterocycles. The van der Waals surface area contributed by atoms with Crippen LogP contribution >= 0.6 is 15.9 Å². The van der Waals surface area contributed by atoms with Crippen molar-refractivity contribution in [1.29, 1.82) is 0 Å². The Hall–Kier alpha value is -0.570. The fourth-order valence-electron chi connectivity index (χ4n) is 1.79. The molecule has 0 saturated heterocycles. The van der Waals surface area contributed by atoms with Gasteiger partial charge in [0.2, 0.25) is 0 Å². The second-order valence-electron chi connectivity index (χ2n) is 4.14. The molecule has 1 aromatic heterocycles. The lowest BCUT2D eigenvalue weighted by Crippen LogP contribution is -2.26. The molecular weight excluding hydrogens is 252 g/mol. The molecule has 0 N–H and O–H groups in total. The Morgan fingerprint density at radius 1 is 1.47 bits per heavy atom. The van der Waals surface area contributed by atoms with Crippen LogP contribution in [0.15, 0.2) is 22.9 Å². The lowest BCUT2D eigenvalue weighted by Gasteiger charge is -2.24. The largest absolute Gasteiger partial charge is 0.367 e. The highest BCUT2D eigenvalue weighted by Gasteiger charge is 2.28. The third kappa shape index (κ3) is 2.94. The second-order valence-corrected chi connectivity index (χ2v) is 5.06. The van der Waals surface area contributed by atoms with E-state index < -0.39 is 0 Å². The predicted molar refractivity (Wildman–Crippen MR) is 67.2 cm³/mol. The highest BCUT2D eigenvalue weighted by atomic mass is 79.9. The van der Waals surface area contributed by atoms with E-state index in [9.17, 15) is 0 Å². The number of aromatic nitrogens is 1. The van der Waals surface area contributed by atoms with Gasteiger partial charge in [0.1, 0.15) is 0 Å². The number of halogens is 1. The molecule has 2 nitrogen and oxygen atoms in total. The summed E-state index contributed by atoms with van der Waals surface area (Å²) >= 11 is 3.48. The van der Waals surface area contributed by atoms with E-state index in [1.807, 2.05) is 12.4 Å². The Kier molecular flexibility index (Phi) is 3.62. The van der Waals surface area contributed by atoms with Gasteiger partial charge in [-0.15, -0.1) is 0 Å². The van der Waals surface area contributed by atoms with Crippen LogP contribution in [0.25, 0.3) is 0 Å². The van der Waals surface area contributed by atoms with Crippen LogP contribution in [0.5, 0.6) is 0 Å². The first kappa shape index (κ1) is 10.9. The van der Waals surface area contributed by atoms with E-state index in [0.29, 0.717) is 0 Å². The van der Waals surface area contributed by atoms with Gasteiger partial charge in [0.15, 0.2) is 0 Å². The molecule has 0 unspecified atom stereocenters. The molecule has 1 aromatic rings. The topological polar surface area (TPSA) is 16.1 Å². The van der Waals surface area contributed by atoms with Crippen LogP contribution in [0.2, 0.25) is 0 Å². The molecule has 0 aliphatic heterocycles. The van der Waals surface area contributed by atoms with Gasteiger partial charge in [-0.3, -0.25) is 4.98 Å². The summed E-state index contributed by atoms with van der Waals surface area (Å²) in [5.74, 6) is 0. The molecule has 0 radical (unpaired) electrons. The van der Waals surface area contributed by atoms with Crippen LogP contribution in [0.4, 0.5) is 5.69 Å². The van der Waals surface area contributed by atoms with Crippen LogP contribution < -0.4 is 4.90 Å². The summed E-state index contributed by atoms with van der Waals surface area (Å²) in [7, 11) is 0. The van der Waals surface area contributed by atoms with E-state index in [1.165, 1.54) is 37.9 Å². The van der Waals surface area contributed by atoms with Crippen molar-refractivity contribution in [2.24, 2.45) is 0 Å². The maximum atomic E-state index is 4.23. The van der Waals surface area contributed by atoms with Crippen molar-refractivity contribution < 1.29 is 0 Å². The Morgan fingerprint density at radius 2 is 2.27 bits per heavy atom. The third-order valence-electron chi connectivity index (χ3n) is 2.76. The molecule has 1 aliphatic carbocycles. The summed E-state index contributed by atoms with van der Waals surface area (Å²) < 4.78 is 1.07. The third-order valence-corrected chi connectivity index (χ3v) is 3.20. The van der Waals surface area contributed by atoms with Crippen molar-refractivity contribution in [2.75, 3.05) is 11.4 Å². The summed E-state index contributed by atoms with van der Waals surface area (Å²) in [6, 6.07) is 2.94. The average molecular weight is 269 g/mol. The van der Waals surface area contributed by atoms with E-state index in [4.69, 9.17) is 0 Å². The fraction of sp³-hybridized carbons (Fsp3) is 0.583. The van der Waals surface area contributed by atoms with Crippen LogP contribution in [0.3, 0.4) is 0 Å². The van der Waals surface area contributed by atoms with Crippen LogP contribution in [0.1, 0.15) is 32.6 Å². The number of hydrogen-bond donors (Lipinski definition) is 0. The van der Waals surface area contributed by atoms with Gasteiger partial charge >= 0.3 is 0 Å². The first-order chi connectivity index (χ1) is 7.31. The predicted octanol–water partition coefficient (Wildman–Crippen LogP) is 3.61. The smallest absolute Gasteiger partial charge is 0.0566 e. The van der Waals surface area contributed by atoms with Crippen molar-refractivity contribution in [3.8, 4) is 0 Å². The molecule has 0 spiro atoms. The fourth-order valence-corrected chi connectivity index (χ4v) is 2.15. The molecule has 2 rings (SSSR count). The lowest BCUT2D eigenvalue weighted by molar-refractivity contribution is 0.711. The van der Waals surface area contributed by atoms with Gasteiger partial charge in [0, 0.05) is 23.3 Å². The van der Waals surface area contributed by atoms with Crippen LogP contribution in [0, 0.1) is 0 Å². The van der Waals surface area contributed by atoms with E-state index in [0.717, 1.165) is 10.5 Å². The molecule has 0 aromatic carbocycles. The minimum atomic E-state index is 0.771. The number of nitrogens with zero attached hydrogens (tertiary/aromatic N) is 2. The monoisotopic (exact) mass is 268 g/mol. The molecule has 15 heavy (non-hydrogen) atoms. The molecule has 0 amide bonds. The lowest BCUT2D eigenvalue weighted by atomic mass is 10.3. The first-order valence-corrected chi connectivity index (χ1v) is 6.47. The number of hydrogen-bond acceptors (Lipinski definition) is 2. The molecule has 82 valence electrons. The van der Waals surface area contributed by atoms with Gasteiger partial charge in [-0.25, -0.2) is 0 Å². The maximum Gasteiger partial charge on any atom is 0.0566 e. The Morgan fingerprint density at radius 3 is 2.87 bits per heavy atom. The zero-order chi connectivity index (χ0) is 10.7. The Labute approximate surface area is 99.8 Å². The quantitative estimate of drug-likeness (QED) is 0.811. The molecule has 0 atom stereocenters. The van der Waals surface area contributed by atoms with Crippen molar-refractivity contribution in [1.82, 2.24) is 4.98 Å². The minimum absolute atomic E-state index is 0.771. The zero-order valence-corrected chi connectivity index (χ0v) is 10.7. The molecule has 1 saturated carbocycles. The van der Waals surface area contributed by atoms with Crippen molar-refractivity contribution in [3.05, 3.63) is 22.9 Å². The van der Waals surface area contributed by atoms with Gasteiger partial charge in [-0.05, 0) is 41.3 Å². The number of anilines is 1. The first-order valence-electron chi connectivity index (χ1n) is 5.68. The van der Waals surface area contributed by atoms with Crippen molar-refractivity contribution >= 4 is 21.6 Å². The molecule has 3 heteroatoms. The highest BCUT2D eigenvalue weighted by Crippen LogP contribution is 2.32. The van der Waals surface area contributed by atoms with E-state index >= 15 is 0 Å². The standard InChI is InChI=1S/C12H17BrN2/c1-2-3-6-15(11-4-5-11)12-7-10(13)8-14-9-12/h7-9,11H,2-6H2,1H3.